The zero-order valence-electron chi connectivity index (χ0n) is 8.11. The summed E-state index contributed by atoms with van der Waals surface area (Å²) < 4.78 is 0. The monoisotopic (exact) mass is 189 g/mol. The first-order valence-electron chi connectivity index (χ1n) is 4.45. The summed E-state index contributed by atoms with van der Waals surface area (Å²) in [6.45, 7) is 3.76. The Kier molecular flexibility index (Phi) is 1.71. The van der Waals surface area contributed by atoms with E-state index in [9.17, 15) is 4.79 Å². The minimum Gasteiger partial charge on any atom is -0.477 e. The van der Waals surface area contributed by atoms with Crippen molar-refractivity contribution in [2.24, 2.45) is 4.99 Å². The SMILES string of the molecule is CC1(C)C(C(=O)O)=Nc2ccccc21. The molecular formula is C11H11NO2. The van der Waals surface area contributed by atoms with Gasteiger partial charge in [0, 0.05) is 5.41 Å². The second kappa shape index (κ2) is 2.67. The predicted octanol–water partition coefficient (Wildman–Crippen LogP) is 2.13. The third kappa shape index (κ3) is 1.05. The molecule has 0 atom stereocenters. The van der Waals surface area contributed by atoms with Gasteiger partial charge in [-0.05, 0) is 25.5 Å². The van der Waals surface area contributed by atoms with Crippen LogP contribution >= 0.6 is 0 Å². The lowest BCUT2D eigenvalue weighted by Crippen LogP contribution is -2.31. The number of carbonyl (C=O) groups is 1. The largest absolute Gasteiger partial charge is 0.477 e. The van der Waals surface area contributed by atoms with Crippen molar-refractivity contribution in [2.45, 2.75) is 19.3 Å². The van der Waals surface area contributed by atoms with Gasteiger partial charge in [-0.1, -0.05) is 18.2 Å². The zero-order chi connectivity index (χ0) is 10.3. The van der Waals surface area contributed by atoms with Crippen LogP contribution in [0.5, 0.6) is 0 Å². The Morgan fingerprint density at radius 3 is 2.57 bits per heavy atom. The molecule has 0 fully saturated rings. The lowest BCUT2D eigenvalue weighted by molar-refractivity contribution is -0.129. The highest BCUT2D eigenvalue weighted by molar-refractivity contribution is 6.41. The first kappa shape index (κ1) is 8.94. The number of fused-ring (bicyclic) bond motifs is 1. The summed E-state index contributed by atoms with van der Waals surface area (Å²) in [7, 11) is 0. The van der Waals surface area contributed by atoms with E-state index in [1.807, 2.05) is 38.1 Å². The minimum atomic E-state index is -0.939. The van der Waals surface area contributed by atoms with Gasteiger partial charge in [-0.25, -0.2) is 9.79 Å². The molecule has 1 aliphatic heterocycles. The predicted molar refractivity (Wildman–Crippen MR) is 54.2 cm³/mol. The van der Waals surface area contributed by atoms with E-state index < -0.39 is 11.4 Å². The number of aliphatic imine (C=N–C) groups is 1. The lowest BCUT2D eigenvalue weighted by Gasteiger charge is -2.19. The lowest BCUT2D eigenvalue weighted by atomic mass is 9.81. The maximum absolute atomic E-state index is 11.0. The molecule has 3 heteroatoms. The van der Waals surface area contributed by atoms with Crippen molar-refractivity contribution >= 4 is 17.4 Å². The van der Waals surface area contributed by atoms with Gasteiger partial charge in [-0.15, -0.1) is 0 Å². The second-order valence-electron chi connectivity index (χ2n) is 3.91. The summed E-state index contributed by atoms with van der Waals surface area (Å²) in [6, 6.07) is 7.53. The van der Waals surface area contributed by atoms with E-state index in [2.05, 4.69) is 4.99 Å². The first-order chi connectivity index (χ1) is 6.53. The molecule has 1 aromatic rings. The van der Waals surface area contributed by atoms with Gasteiger partial charge in [0.15, 0.2) is 0 Å². The molecule has 0 unspecified atom stereocenters. The fraction of sp³-hybridized carbons (Fsp3) is 0.273. The van der Waals surface area contributed by atoms with E-state index in [4.69, 9.17) is 5.11 Å². The molecular weight excluding hydrogens is 178 g/mol. The normalized spacial score (nSPS) is 17.4. The van der Waals surface area contributed by atoms with Gasteiger partial charge in [0.05, 0.1) is 5.69 Å². The van der Waals surface area contributed by atoms with Crippen molar-refractivity contribution in [1.29, 1.82) is 0 Å². The molecule has 1 N–H and O–H groups in total. The van der Waals surface area contributed by atoms with Crippen molar-refractivity contribution in [3.8, 4) is 0 Å². The Bertz CT molecular complexity index is 433. The van der Waals surface area contributed by atoms with E-state index in [1.54, 1.807) is 0 Å². The molecule has 0 aliphatic carbocycles. The number of aliphatic carboxylic acids is 1. The molecule has 2 rings (SSSR count). The smallest absolute Gasteiger partial charge is 0.351 e. The molecule has 0 saturated carbocycles. The first-order valence-corrected chi connectivity index (χ1v) is 4.45. The fourth-order valence-electron chi connectivity index (χ4n) is 1.80. The Labute approximate surface area is 82.1 Å². The molecule has 0 radical (unpaired) electrons. The van der Waals surface area contributed by atoms with Crippen LogP contribution in [0, 0.1) is 0 Å². The highest BCUT2D eigenvalue weighted by Crippen LogP contribution is 2.39. The molecule has 0 aromatic heterocycles. The van der Waals surface area contributed by atoms with Crippen LogP contribution in [0.25, 0.3) is 0 Å². The average molecular weight is 189 g/mol. The molecule has 0 spiro atoms. The summed E-state index contributed by atoms with van der Waals surface area (Å²) in [5, 5.41) is 8.99. The van der Waals surface area contributed by atoms with Crippen molar-refractivity contribution in [1.82, 2.24) is 0 Å². The van der Waals surface area contributed by atoms with E-state index in [0.717, 1.165) is 11.3 Å². The van der Waals surface area contributed by atoms with Crippen LogP contribution in [-0.4, -0.2) is 16.8 Å². The topological polar surface area (TPSA) is 49.7 Å². The van der Waals surface area contributed by atoms with Gasteiger partial charge in [-0.3, -0.25) is 0 Å². The third-order valence-corrected chi connectivity index (χ3v) is 2.60. The summed E-state index contributed by atoms with van der Waals surface area (Å²) in [5.41, 5.74) is 1.49. The second-order valence-corrected chi connectivity index (χ2v) is 3.91. The number of carboxylic acid groups (broad SMARTS) is 1. The van der Waals surface area contributed by atoms with Crippen LogP contribution in [-0.2, 0) is 10.2 Å². The zero-order valence-corrected chi connectivity index (χ0v) is 8.11. The molecule has 14 heavy (non-hydrogen) atoms. The Morgan fingerprint density at radius 1 is 1.36 bits per heavy atom. The van der Waals surface area contributed by atoms with E-state index in [0.29, 0.717) is 0 Å². The summed E-state index contributed by atoms with van der Waals surface area (Å²) in [4.78, 5) is 15.1. The molecule has 0 saturated heterocycles. The molecule has 1 aliphatic rings. The quantitative estimate of drug-likeness (QED) is 0.735. The summed E-state index contributed by atoms with van der Waals surface area (Å²) in [6.07, 6.45) is 0. The van der Waals surface area contributed by atoms with E-state index in [1.165, 1.54) is 0 Å². The summed E-state index contributed by atoms with van der Waals surface area (Å²) in [5.74, 6) is -0.939. The highest BCUT2D eigenvalue weighted by Gasteiger charge is 2.38. The van der Waals surface area contributed by atoms with Gasteiger partial charge in [-0.2, -0.15) is 0 Å². The van der Waals surface area contributed by atoms with Gasteiger partial charge < -0.3 is 5.11 Å². The number of benzene rings is 1. The maximum atomic E-state index is 11.0. The number of para-hydroxylation sites is 1. The number of rotatable bonds is 1. The molecule has 72 valence electrons. The Hall–Kier alpha value is -1.64. The van der Waals surface area contributed by atoms with Crippen LogP contribution in [0.1, 0.15) is 19.4 Å². The number of hydrogen-bond acceptors (Lipinski definition) is 2. The van der Waals surface area contributed by atoms with Crippen LogP contribution < -0.4 is 0 Å². The van der Waals surface area contributed by atoms with Gasteiger partial charge in [0.1, 0.15) is 5.71 Å². The van der Waals surface area contributed by atoms with Gasteiger partial charge in [0.25, 0.3) is 0 Å². The number of carboxylic acids is 1. The maximum Gasteiger partial charge on any atom is 0.351 e. The number of nitrogens with zero attached hydrogens (tertiary/aromatic N) is 1. The van der Waals surface area contributed by atoms with E-state index >= 15 is 0 Å². The number of hydrogen-bond donors (Lipinski definition) is 1. The van der Waals surface area contributed by atoms with Crippen molar-refractivity contribution < 1.29 is 9.90 Å². The van der Waals surface area contributed by atoms with Gasteiger partial charge >= 0.3 is 5.97 Å². The Morgan fingerprint density at radius 2 is 2.00 bits per heavy atom. The van der Waals surface area contributed by atoms with Crippen LogP contribution in [0.4, 0.5) is 5.69 Å². The average Bonchev–Trinajstić information content (AvgIpc) is 2.39. The molecule has 3 nitrogen and oxygen atoms in total. The van der Waals surface area contributed by atoms with Crippen molar-refractivity contribution in [3.63, 3.8) is 0 Å². The minimum absolute atomic E-state index is 0.221. The van der Waals surface area contributed by atoms with Gasteiger partial charge in [0.2, 0.25) is 0 Å². The van der Waals surface area contributed by atoms with Crippen molar-refractivity contribution in [3.05, 3.63) is 29.8 Å². The fourth-order valence-corrected chi connectivity index (χ4v) is 1.80. The standard InChI is InChI=1S/C11H11NO2/c1-11(2)7-5-3-4-6-8(7)12-9(11)10(13)14/h3-6H,1-2H3,(H,13,14). The Balaban J connectivity index is 2.62. The van der Waals surface area contributed by atoms with Crippen LogP contribution in [0.3, 0.4) is 0 Å². The molecule has 0 bridgehead atoms. The highest BCUT2D eigenvalue weighted by atomic mass is 16.4. The van der Waals surface area contributed by atoms with Crippen LogP contribution in [0.15, 0.2) is 29.3 Å². The molecule has 1 aromatic carbocycles. The summed E-state index contributed by atoms with van der Waals surface area (Å²) >= 11 is 0. The van der Waals surface area contributed by atoms with Crippen molar-refractivity contribution in [2.75, 3.05) is 0 Å². The molecule has 0 amide bonds. The third-order valence-electron chi connectivity index (χ3n) is 2.60. The van der Waals surface area contributed by atoms with E-state index in [-0.39, 0.29) is 5.71 Å². The molecule has 1 heterocycles. The van der Waals surface area contributed by atoms with Crippen LogP contribution in [0.2, 0.25) is 0 Å².